The molecule has 2 aromatic rings. The molecule has 7 heteroatoms. The van der Waals surface area contributed by atoms with Crippen LogP contribution in [0, 0.1) is 0 Å². The average molecular weight is 310 g/mol. The molecule has 5 nitrogen and oxygen atoms in total. The van der Waals surface area contributed by atoms with Crippen LogP contribution in [0.3, 0.4) is 0 Å². The number of amides is 1. The maximum absolute atomic E-state index is 12.3. The summed E-state index contributed by atoms with van der Waals surface area (Å²) >= 11 is 1.18. The van der Waals surface area contributed by atoms with Gasteiger partial charge in [0.15, 0.2) is 0 Å². The van der Waals surface area contributed by atoms with Crippen molar-refractivity contribution in [2.45, 2.75) is 11.1 Å². The van der Waals surface area contributed by atoms with E-state index in [9.17, 15) is 13.2 Å². The van der Waals surface area contributed by atoms with Gasteiger partial charge in [0.05, 0.1) is 5.69 Å². The highest BCUT2D eigenvalue weighted by Gasteiger charge is 2.22. The van der Waals surface area contributed by atoms with E-state index in [1.807, 2.05) is 0 Å². The fourth-order valence-corrected chi connectivity index (χ4v) is 4.00. The summed E-state index contributed by atoms with van der Waals surface area (Å²) in [7, 11) is -2.02. The first-order valence-corrected chi connectivity index (χ1v) is 8.13. The number of nitrogens with zero attached hydrogens (tertiary/aromatic N) is 1. The smallest absolute Gasteiger partial charge is 0.273 e. The number of carbonyl (C=O) groups is 1. The Morgan fingerprint density at radius 3 is 2.35 bits per heavy atom. The second-order valence-corrected chi connectivity index (χ2v) is 7.28. The Kier molecular flexibility index (Phi) is 4.10. The molecule has 0 saturated heterocycles. The molecule has 0 aliphatic rings. The Hall–Kier alpha value is -1.86. The standard InChI is InChI=1S/C13H14N2O3S2/c1-10(16)14-11-5-7-12(8-6-11)15(2)20(17,18)13-4-3-9-19-13/h3-9H,1-2H3,(H,14,16). The highest BCUT2D eigenvalue weighted by Crippen LogP contribution is 2.25. The Morgan fingerprint density at radius 1 is 1.20 bits per heavy atom. The maximum Gasteiger partial charge on any atom is 0.273 e. The number of hydrogen-bond acceptors (Lipinski definition) is 4. The van der Waals surface area contributed by atoms with Gasteiger partial charge in [-0.15, -0.1) is 11.3 Å². The van der Waals surface area contributed by atoms with Crippen molar-refractivity contribution < 1.29 is 13.2 Å². The van der Waals surface area contributed by atoms with Gasteiger partial charge in [-0.2, -0.15) is 0 Å². The SMILES string of the molecule is CC(=O)Nc1ccc(N(C)S(=O)(=O)c2cccs2)cc1. The molecular weight excluding hydrogens is 296 g/mol. The summed E-state index contributed by atoms with van der Waals surface area (Å²) in [5.74, 6) is -0.169. The van der Waals surface area contributed by atoms with Gasteiger partial charge < -0.3 is 5.32 Å². The zero-order valence-electron chi connectivity index (χ0n) is 11.0. The molecule has 0 spiro atoms. The number of sulfonamides is 1. The summed E-state index contributed by atoms with van der Waals surface area (Å²) in [6.07, 6.45) is 0. The van der Waals surface area contributed by atoms with Crippen molar-refractivity contribution in [3.05, 3.63) is 41.8 Å². The van der Waals surface area contributed by atoms with E-state index in [4.69, 9.17) is 0 Å². The molecule has 1 N–H and O–H groups in total. The van der Waals surface area contributed by atoms with Gasteiger partial charge in [-0.25, -0.2) is 8.42 Å². The lowest BCUT2D eigenvalue weighted by Gasteiger charge is -2.18. The van der Waals surface area contributed by atoms with Crippen molar-refractivity contribution in [2.75, 3.05) is 16.7 Å². The predicted octanol–water partition coefficient (Wildman–Crippen LogP) is 2.53. The number of anilines is 2. The minimum Gasteiger partial charge on any atom is -0.326 e. The van der Waals surface area contributed by atoms with Crippen molar-refractivity contribution in [2.24, 2.45) is 0 Å². The summed E-state index contributed by atoms with van der Waals surface area (Å²) in [5.41, 5.74) is 1.16. The molecule has 1 amide bonds. The molecule has 0 aliphatic heterocycles. The van der Waals surface area contributed by atoms with Crippen molar-refractivity contribution in [3.8, 4) is 0 Å². The molecule has 1 heterocycles. The number of hydrogen-bond donors (Lipinski definition) is 1. The second-order valence-electron chi connectivity index (χ2n) is 4.13. The van der Waals surface area contributed by atoms with Gasteiger partial charge in [0.2, 0.25) is 5.91 Å². The molecule has 0 aliphatic carbocycles. The van der Waals surface area contributed by atoms with E-state index in [2.05, 4.69) is 5.32 Å². The highest BCUT2D eigenvalue weighted by atomic mass is 32.2. The van der Waals surface area contributed by atoms with Crippen LogP contribution in [0.5, 0.6) is 0 Å². The van der Waals surface area contributed by atoms with Crippen LogP contribution in [-0.2, 0) is 14.8 Å². The number of carbonyl (C=O) groups excluding carboxylic acids is 1. The fraction of sp³-hybridized carbons (Fsp3) is 0.154. The van der Waals surface area contributed by atoms with Crippen LogP contribution in [-0.4, -0.2) is 21.4 Å². The Balaban J connectivity index is 2.25. The third kappa shape index (κ3) is 3.00. The van der Waals surface area contributed by atoms with E-state index in [0.29, 0.717) is 15.6 Å². The molecule has 0 radical (unpaired) electrons. The van der Waals surface area contributed by atoms with Crippen molar-refractivity contribution >= 4 is 38.6 Å². The lowest BCUT2D eigenvalue weighted by molar-refractivity contribution is -0.114. The molecule has 2 rings (SSSR count). The molecule has 20 heavy (non-hydrogen) atoms. The van der Waals surface area contributed by atoms with Gasteiger partial charge in [-0.1, -0.05) is 6.07 Å². The minimum absolute atomic E-state index is 0.169. The number of thiophene rings is 1. The molecule has 0 unspecified atom stereocenters. The van der Waals surface area contributed by atoms with E-state index in [1.54, 1.807) is 41.8 Å². The molecular formula is C13H14N2O3S2. The van der Waals surface area contributed by atoms with Crippen LogP contribution in [0.15, 0.2) is 46.0 Å². The van der Waals surface area contributed by atoms with E-state index in [0.717, 1.165) is 0 Å². The van der Waals surface area contributed by atoms with Crippen molar-refractivity contribution in [3.63, 3.8) is 0 Å². The summed E-state index contributed by atoms with van der Waals surface area (Å²) in [4.78, 5) is 10.9. The molecule has 0 saturated carbocycles. The van der Waals surface area contributed by atoms with Crippen molar-refractivity contribution in [1.29, 1.82) is 0 Å². The van der Waals surface area contributed by atoms with Crippen LogP contribution >= 0.6 is 11.3 Å². The zero-order chi connectivity index (χ0) is 14.8. The Bertz CT molecular complexity index is 692. The van der Waals surface area contributed by atoms with Gasteiger partial charge >= 0.3 is 0 Å². The number of nitrogens with one attached hydrogen (secondary N) is 1. The molecule has 1 aromatic heterocycles. The van der Waals surface area contributed by atoms with Gasteiger partial charge in [-0.3, -0.25) is 9.10 Å². The topological polar surface area (TPSA) is 66.5 Å². The minimum atomic E-state index is -3.52. The van der Waals surface area contributed by atoms with E-state index in [1.165, 1.54) is 29.6 Å². The van der Waals surface area contributed by atoms with Crippen LogP contribution in [0.1, 0.15) is 6.92 Å². The van der Waals surface area contributed by atoms with Gasteiger partial charge in [-0.05, 0) is 35.7 Å². The molecule has 106 valence electrons. The number of rotatable bonds is 4. The fourth-order valence-electron chi connectivity index (χ4n) is 1.64. The van der Waals surface area contributed by atoms with Gasteiger partial charge in [0, 0.05) is 19.7 Å². The highest BCUT2D eigenvalue weighted by molar-refractivity contribution is 7.94. The third-order valence-corrected chi connectivity index (χ3v) is 5.82. The molecule has 1 aromatic carbocycles. The number of benzene rings is 1. The third-order valence-electron chi connectivity index (χ3n) is 2.66. The molecule has 0 atom stereocenters. The van der Waals surface area contributed by atoms with Crippen molar-refractivity contribution in [1.82, 2.24) is 0 Å². The summed E-state index contributed by atoms with van der Waals surface area (Å²) in [6.45, 7) is 1.42. The maximum atomic E-state index is 12.3. The van der Waals surface area contributed by atoms with Crippen LogP contribution < -0.4 is 9.62 Å². The quantitative estimate of drug-likeness (QED) is 0.943. The lowest BCUT2D eigenvalue weighted by atomic mass is 10.3. The largest absolute Gasteiger partial charge is 0.326 e. The van der Waals surface area contributed by atoms with E-state index in [-0.39, 0.29) is 5.91 Å². The van der Waals surface area contributed by atoms with Crippen LogP contribution in [0.2, 0.25) is 0 Å². The predicted molar refractivity (Wildman–Crippen MR) is 80.7 cm³/mol. The monoisotopic (exact) mass is 310 g/mol. The summed E-state index contributed by atoms with van der Waals surface area (Å²) < 4.78 is 26.2. The van der Waals surface area contributed by atoms with Crippen LogP contribution in [0.25, 0.3) is 0 Å². The summed E-state index contributed by atoms with van der Waals surface area (Å²) in [6, 6.07) is 9.90. The Morgan fingerprint density at radius 2 is 1.85 bits per heavy atom. The normalized spacial score (nSPS) is 11.1. The van der Waals surface area contributed by atoms with E-state index >= 15 is 0 Å². The molecule has 0 fully saturated rings. The average Bonchev–Trinajstić information content (AvgIpc) is 2.92. The summed E-state index contributed by atoms with van der Waals surface area (Å²) in [5, 5.41) is 4.36. The molecule has 0 bridgehead atoms. The first-order chi connectivity index (χ1) is 9.41. The van der Waals surface area contributed by atoms with Crippen LogP contribution in [0.4, 0.5) is 11.4 Å². The first kappa shape index (κ1) is 14.5. The van der Waals surface area contributed by atoms with Gasteiger partial charge in [0.1, 0.15) is 4.21 Å². The first-order valence-electron chi connectivity index (χ1n) is 5.81. The zero-order valence-corrected chi connectivity index (χ0v) is 12.7. The van der Waals surface area contributed by atoms with Gasteiger partial charge in [0.25, 0.3) is 10.0 Å². The Labute approximate surface area is 121 Å². The lowest BCUT2D eigenvalue weighted by Crippen LogP contribution is -2.25. The van der Waals surface area contributed by atoms with E-state index < -0.39 is 10.0 Å². The second kappa shape index (κ2) is 5.64.